The second kappa shape index (κ2) is 5.17. The van der Waals surface area contributed by atoms with Crippen LogP contribution in [-0.4, -0.2) is 51.8 Å². The fraction of sp³-hybridized carbons (Fsp3) is 0.667. The number of ether oxygens (including phenoxy) is 1. The molecule has 0 aromatic carbocycles. The van der Waals surface area contributed by atoms with Crippen molar-refractivity contribution in [1.29, 1.82) is 0 Å². The van der Waals surface area contributed by atoms with Crippen LogP contribution in [0.25, 0.3) is 0 Å². The molecule has 0 radical (unpaired) electrons. The minimum Gasteiger partial charge on any atom is -0.394 e. The lowest BCUT2D eigenvalue weighted by atomic mass is 10.1. The Hall–Kier alpha value is -1.24. The van der Waals surface area contributed by atoms with E-state index in [9.17, 15) is 5.11 Å². The topological polar surface area (TPSA) is 78.7 Å². The lowest BCUT2D eigenvalue weighted by Gasteiger charge is -2.42. The van der Waals surface area contributed by atoms with E-state index >= 15 is 0 Å². The average molecular weight is 253 g/mol. The molecule has 2 N–H and O–H groups in total. The Balaban J connectivity index is 2.15. The van der Waals surface area contributed by atoms with Crippen molar-refractivity contribution in [1.82, 2.24) is 10.2 Å². The number of nitrogens with zero attached hydrogens (tertiary/aromatic N) is 3. The SMILES string of the molecule is CC1(C)CN(c2ccc(CO)nn2)CC(CO)O1. The van der Waals surface area contributed by atoms with Gasteiger partial charge in [-0.25, -0.2) is 0 Å². The Bertz CT molecular complexity index is 394. The summed E-state index contributed by atoms with van der Waals surface area (Å²) in [5, 5.41) is 26.2. The van der Waals surface area contributed by atoms with Gasteiger partial charge in [0.1, 0.15) is 0 Å². The van der Waals surface area contributed by atoms with Crippen LogP contribution in [0.5, 0.6) is 0 Å². The lowest BCUT2D eigenvalue weighted by molar-refractivity contribution is -0.101. The molecule has 0 saturated carbocycles. The summed E-state index contributed by atoms with van der Waals surface area (Å²) >= 11 is 0. The standard InChI is InChI=1S/C12H19N3O3/c1-12(2)8-15(5-10(7-17)18-12)11-4-3-9(6-16)13-14-11/h3-4,10,16-17H,5-8H2,1-2H3. The molecule has 0 spiro atoms. The van der Waals surface area contributed by atoms with E-state index in [1.165, 1.54) is 0 Å². The number of aliphatic hydroxyl groups excluding tert-OH is 2. The van der Waals surface area contributed by atoms with Crippen molar-refractivity contribution in [3.63, 3.8) is 0 Å². The Morgan fingerprint density at radius 3 is 2.72 bits per heavy atom. The fourth-order valence-electron chi connectivity index (χ4n) is 2.17. The van der Waals surface area contributed by atoms with Crippen molar-refractivity contribution < 1.29 is 14.9 Å². The van der Waals surface area contributed by atoms with Gasteiger partial charge < -0.3 is 19.8 Å². The van der Waals surface area contributed by atoms with E-state index in [-0.39, 0.29) is 24.9 Å². The molecule has 0 aliphatic carbocycles. The zero-order valence-electron chi connectivity index (χ0n) is 10.7. The van der Waals surface area contributed by atoms with Crippen molar-refractivity contribution in [2.45, 2.75) is 32.2 Å². The van der Waals surface area contributed by atoms with Gasteiger partial charge in [0.05, 0.1) is 30.6 Å². The van der Waals surface area contributed by atoms with Gasteiger partial charge in [0.2, 0.25) is 0 Å². The maximum atomic E-state index is 9.25. The van der Waals surface area contributed by atoms with Crippen LogP contribution in [0.15, 0.2) is 12.1 Å². The van der Waals surface area contributed by atoms with Crippen LogP contribution < -0.4 is 4.90 Å². The fourth-order valence-corrected chi connectivity index (χ4v) is 2.17. The Morgan fingerprint density at radius 2 is 2.17 bits per heavy atom. The highest BCUT2D eigenvalue weighted by atomic mass is 16.5. The molecule has 18 heavy (non-hydrogen) atoms. The van der Waals surface area contributed by atoms with Crippen LogP contribution in [0.2, 0.25) is 0 Å². The van der Waals surface area contributed by atoms with E-state index in [0.29, 0.717) is 18.8 Å². The maximum Gasteiger partial charge on any atom is 0.151 e. The van der Waals surface area contributed by atoms with Crippen LogP contribution in [-0.2, 0) is 11.3 Å². The predicted octanol–water partition coefficient (Wildman–Crippen LogP) is -0.0550. The van der Waals surface area contributed by atoms with Crippen molar-refractivity contribution in [3.8, 4) is 0 Å². The van der Waals surface area contributed by atoms with Gasteiger partial charge >= 0.3 is 0 Å². The molecule has 6 nitrogen and oxygen atoms in total. The number of rotatable bonds is 3. The van der Waals surface area contributed by atoms with E-state index in [0.717, 1.165) is 5.82 Å². The number of morpholine rings is 1. The number of aromatic nitrogens is 2. The van der Waals surface area contributed by atoms with E-state index in [1.807, 2.05) is 24.8 Å². The number of aliphatic hydroxyl groups is 2. The van der Waals surface area contributed by atoms with Gasteiger partial charge in [0.25, 0.3) is 0 Å². The minimum absolute atomic E-state index is 0.0118. The van der Waals surface area contributed by atoms with Crippen LogP contribution in [0.3, 0.4) is 0 Å². The van der Waals surface area contributed by atoms with Crippen molar-refractivity contribution in [2.24, 2.45) is 0 Å². The molecule has 1 aromatic rings. The van der Waals surface area contributed by atoms with Gasteiger partial charge in [-0.3, -0.25) is 0 Å². The van der Waals surface area contributed by atoms with Crippen LogP contribution in [0.4, 0.5) is 5.82 Å². The first-order valence-electron chi connectivity index (χ1n) is 6.01. The molecule has 1 fully saturated rings. The summed E-state index contributed by atoms with van der Waals surface area (Å²) in [6.07, 6.45) is -0.215. The minimum atomic E-state index is -0.330. The molecule has 0 bridgehead atoms. The molecular weight excluding hydrogens is 234 g/mol. The van der Waals surface area contributed by atoms with Gasteiger partial charge in [0, 0.05) is 13.1 Å². The van der Waals surface area contributed by atoms with E-state index in [2.05, 4.69) is 10.2 Å². The molecule has 1 unspecified atom stereocenters. The van der Waals surface area contributed by atoms with Crippen molar-refractivity contribution >= 4 is 5.82 Å². The number of anilines is 1. The highest BCUT2D eigenvalue weighted by molar-refractivity contribution is 5.38. The van der Waals surface area contributed by atoms with Gasteiger partial charge in [0.15, 0.2) is 5.82 Å². The molecule has 0 amide bonds. The largest absolute Gasteiger partial charge is 0.394 e. The van der Waals surface area contributed by atoms with Crippen LogP contribution >= 0.6 is 0 Å². The zero-order chi connectivity index (χ0) is 13.2. The first-order chi connectivity index (χ1) is 8.54. The molecule has 1 aliphatic rings. The van der Waals surface area contributed by atoms with Gasteiger partial charge in [-0.15, -0.1) is 5.10 Å². The second-order valence-electron chi connectivity index (χ2n) is 5.10. The highest BCUT2D eigenvalue weighted by Gasteiger charge is 2.33. The third-order valence-electron chi connectivity index (χ3n) is 2.88. The Kier molecular flexibility index (Phi) is 3.79. The third-order valence-corrected chi connectivity index (χ3v) is 2.88. The smallest absolute Gasteiger partial charge is 0.151 e. The van der Waals surface area contributed by atoms with E-state index < -0.39 is 0 Å². The number of hydrogen-bond donors (Lipinski definition) is 2. The lowest BCUT2D eigenvalue weighted by Crippen LogP contribution is -2.54. The molecule has 1 aromatic heterocycles. The molecule has 6 heteroatoms. The maximum absolute atomic E-state index is 9.25. The summed E-state index contributed by atoms with van der Waals surface area (Å²) in [5.41, 5.74) is 0.216. The molecule has 1 saturated heterocycles. The van der Waals surface area contributed by atoms with Gasteiger partial charge in [-0.2, -0.15) is 5.10 Å². The molecular formula is C12H19N3O3. The number of hydrogen-bond acceptors (Lipinski definition) is 6. The van der Waals surface area contributed by atoms with Gasteiger partial charge in [-0.05, 0) is 26.0 Å². The normalized spacial score (nSPS) is 23.1. The van der Waals surface area contributed by atoms with Crippen LogP contribution in [0, 0.1) is 0 Å². The zero-order valence-corrected chi connectivity index (χ0v) is 10.7. The first kappa shape index (κ1) is 13.2. The van der Waals surface area contributed by atoms with Gasteiger partial charge in [-0.1, -0.05) is 0 Å². The second-order valence-corrected chi connectivity index (χ2v) is 5.10. The first-order valence-corrected chi connectivity index (χ1v) is 6.01. The average Bonchev–Trinajstić information content (AvgIpc) is 2.37. The third kappa shape index (κ3) is 2.95. The molecule has 100 valence electrons. The van der Waals surface area contributed by atoms with E-state index in [1.54, 1.807) is 6.07 Å². The summed E-state index contributed by atoms with van der Waals surface area (Å²) in [5.74, 6) is 0.738. The summed E-state index contributed by atoms with van der Waals surface area (Å²) in [6.45, 7) is 5.13. The van der Waals surface area contributed by atoms with Crippen LogP contribution in [0.1, 0.15) is 19.5 Å². The highest BCUT2D eigenvalue weighted by Crippen LogP contribution is 2.24. The quantitative estimate of drug-likeness (QED) is 0.786. The summed E-state index contributed by atoms with van der Waals surface area (Å²) < 4.78 is 5.74. The summed E-state index contributed by atoms with van der Waals surface area (Å²) in [7, 11) is 0. The summed E-state index contributed by atoms with van der Waals surface area (Å²) in [4.78, 5) is 2.04. The molecule has 1 aliphatic heterocycles. The summed E-state index contributed by atoms with van der Waals surface area (Å²) in [6, 6.07) is 3.58. The monoisotopic (exact) mass is 253 g/mol. The van der Waals surface area contributed by atoms with Crippen molar-refractivity contribution in [2.75, 3.05) is 24.6 Å². The Morgan fingerprint density at radius 1 is 1.39 bits per heavy atom. The molecule has 2 heterocycles. The molecule has 1 atom stereocenters. The molecule has 2 rings (SSSR count). The van der Waals surface area contributed by atoms with E-state index in [4.69, 9.17) is 9.84 Å². The van der Waals surface area contributed by atoms with Crippen molar-refractivity contribution in [3.05, 3.63) is 17.8 Å². The Labute approximate surface area is 106 Å². The predicted molar refractivity (Wildman–Crippen MR) is 66.2 cm³/mol.